The predicted molar refractivity (Wildman–Crippen MR) is 132 cm³/mol. The van der Waals surface area contributed by atoms with Gasteiger partial charge in [0.1, 0.15) is 0 Å². The molecular formula is C28H27N3O3. The molecule has 0 aliphatic heterocycles. The Hall–Kier alpha value is -4.06. The van der Waals surface area contributed by atoms with E-state index in [4.69, 9.17) is 4.74 Å². The van der Waals surface area contributed by atoms with Crippen molar-refractivity contribution in [3.8, 4) is 11.1 Å². The van der Waals surface area contributed by atoms with Gasteiger partial charge in [-0.1, -0.05) is 36.4 Å². The summed E-state index contributed by atoms with van der Waals surface area (Å²) in [4.78, 5) is 33.1. The maximum atomic E-state index is 12.3. The Balaban J connectivity index is 1.25. The van der Waals surface area contributed by atoms with Gasteiger partial charge in [0, 0.05) is 30.2 Å². The van der Waals surface area contributed by atoms with Crippen LogP contribution in [0, 0.1) is 0 Å². The topological polar surface area (TPSA) is 81.2 Å². The zero-order valence-corrected chi connectivity index (χ0v) is 19.2. The van der Waals surface area contributed by atoms with Crippen LogP contribution in [0.5, 0.6) is 0 Å². The maximum Gasteiger partial charge on any atom is 0.338 e. The Morgan fingerprint density at radius 2 is 1.79 bits per heavy atom. The number of carbonyl (C=O) groups excluding carboxylic acids is 2. The van der Waals surface area contributed by atoms with Gasteiger partial charge >= 0.3 is 5.97 Å². The lowest BCUT2D eigenvalue weighted by Crippen LogP contribution is -2.22. The van der Waals surface area contributed by atoms with E-state index < -0.39 is 0 Å². The van der Waals surface area contributed by atoms with Gasteiger partial charge in [-0.25, -0.2) is 14.8 Å². The lowest BCUT2D eigenvalue weighted by atomic mass is 10.0. The highest BCUT2D eigenvalue weighted by Gasteiger charge is 2.08. The molecule has 0 atom stereocenters. The molecule has 2 heterocycles. The average molecular weight is 454 g/mol. The summed E-state index contributed by atoms with van der Waals surface area (Å²) in [6, 6.07) is 23.2. The van der Waals surface area contributed by atoms with Crippen molar-refractivity contribution in [1.82, 2.24) is 15.3 Å². The van der Waals surface area contributed by atoms with Crippen LogP contribution in [0.15, 0.2) is 79.0 Å². The molecule has 4 rings (SSSR count). The van der Waals surface area contributed by atoms with Crippen LogP contribution in [-0.4, -0.2) is 28.5 Å². The Kier molecular flexibility index (Phi) is 7.60. The van der Waals surface area contributed by atoms with Gasteiger partial charge in [-0.2, -0.15) is 0 Å². The molecule has 0 saturated carbocycles. The van der Waals surface area contributed by atoms with Gasteiger partial charge in [0.25, 0.3) is 0 Å². The van der Waals surface area contributed by atoms with Crippen molar-refractivity contribution in [3.05, 3.63) is 95.8 Å². The number of benzene rings is 2. The number of aromatic nitrogens is 2. The number of nitrogens with zero attached hydrogens (tertiary/aromatic N) is 2. The van der Waals surface area contributed by atoms with E-state index in [1.807, 2.05) is 66.7 Å². The van der Waals surface area contributed by atoms with Crippen LogP contribution in [0.2, 0.25) is 0 Å². The molecule has 6 nitrogen and oxygen atoms in total. The number of ether oxygens (including phenoxy) is 1. The number of aryl methyl sites for hydroxylation is 1. The van der Waals surface area contributed by atoms with Crippen LogP contribution in [0.4, 0.5) is 0 Å². The smallest absolute Gasteiger partial charge is 0.338 e. The molecule has 0 bridgehead atoms. The number of esters is 1. The summed E-state index contributed by atoms with van der Waals surface area (Å²) in [6.07, 6.45) is 3.65. The van der Waals surface area contributed by atoms with E-state index in [2.05, 4.69) is 15.3 Å². The van der Waals surface area contributed by atoms with Crippen molar-refractivity contribution in [1.29, 1.82) is 0 Å². The highest BCUT2D eigenvalue weighted by Crippen LogP contribution is 2.21. The Bertz CT molecular complexity index is 1290. The minimum Gasteiger partial charge on any atom is -0.462 e. The number of fused-ring (bicyclic) bond motifs is 1. The largest absolute Gasteiger partial charge is 0.462 e. The number of nitrogens with one attached hydrogen (secondary N) is 1. The van der Waals surface area contributed by atoms with Gasteiger partial charge in [-0.3, -0.25) is 4.79 Å². The number of amides is 1. The SMILES string of the molecule is CCOC(=O)c1cccc(-c2ccc(CNC(=O)CCCc3ccc4cccnc4n3)cc2)c1. The highest BCUT2D eigenvalue weighted by molar-refractivity contribution is 5.91. The molecule has 4 aromatic rings. The van der Waals surface area contributed by atoms with Crippen LogP contribution in [0.1, 0.15) is 41.4 Å². The van der Waals surface area contributed by atoms with Gasteiger partial charge in [-0.15, -0.1) is 0 Å². The number of pyridine rings is 2. The van der Waals surface area contributed by atoms with Crippen molar-refractivity contribution in [2.24, 2.45) is 0 Å². The van der Waals surface area contributed by atoms with Crippen molar-refractivity contribution in [2.45, 2.75) is 32.7 Å². The first-order valence-electron chi connectivity index (χ1n) is 11.5. The summed E-state index contributed by atoms with van der Waals surface area (Å²) in [6.45, 7) is 2.61. The first kappa shape index (κ1) is 23.1. The van der Waals surface area contributed by atoms with Gasteiger partial charge in [0.15, 0.2) is 5.65 Å². The summed E-state index contributed by atoms with van der Waals surface area (Å²) in [5.74, 6) is -0.304. The molecule has 34 heavy (non-hydrogen) atoms. The molecule has 0 aliphatic rings. The summed E-state index contributed by atoms with van der Waals surface area (Å²) in [5, 5.41) is 3.99. The molecule has 172 valence electrons. The van der Waals surface area contributed by atoms with E-state index in [1.54, 1.807) is 19.2 Å². The van der Waals surface area contributed by atoms with Crippen molar-refractivity contribution >= 4 is 22.9 Å². The second-order valence-electron chi connectivity index (χ2n) is 7.98. The molecule has 2 aromatic heterocycles. The third-order valence-corrected chi connectivity index (χ3v) is 5.51. The van der Waals surface area contributed by atoms with Crippen molar-refractivity contribution < 1.29 is 14.3 Å². The fourth-order valence-electron chi connectivity index (χ4n) is 3.71. The molecule has 6 heteroatoms. The zero-order chi connectivity index (χ0) is 23.8. The third kappa shape index (κ3) is 6.04. The van der Waals surface area contributed by atoms with Crippen LogP contribution < -0.4 is 5.32 Å². The van der Waals surface area contributed by atoms with Crippen molar-refractivity contribution in [2.75, 3.05) is 6.61 Å². The van der Waals surface area contributed by atoms with Gasteiger partial charge in [-0.05, 0) is 72.9 Å². The Labute approximate surface area is 199 Å². The Morgan fingerprint density at radius 3 is 2.62 bits per heavy atom. The second kappa shape index (κ2) is 11.2. The van der Waals surface area contributed by atoms with E-state index in [1.165, 1.54) is 0 Å². The normalized spacial score (nSPS) is 10.7. The first-order chi connectivity index (χ1) is 16.6. The number of carbonyl (C=O) groups is 2. The summed E-state index contributed by atoms with van der Waals surface area (Å²) in [5.41, 5.74) is 5.17. The molecule has 1 N–H and O–H groups in total. The number of hydrogen-bond donors (Lipinski definition) is 1. The molecule has 1 amide bonds. The maximum absolute atomic E-state index is 12.3. The monoisotopic (exact) mass is 453 g/mol. The van der Waals surface area contributed by atoms with Crippen LogP contribution >= 0.6 is 0 Å². The quantitative estimate of drug-likeness (QED) is 0.356. The standard InChI is InChI=1S/C28H27N3O3/c1-2-34-28(33)24-7-3-6-23(18-24)21-13-11-20(12-14-21)19-30-26(32)10-4-9-25-16-15-22-8-5-17-29-27(22)31-25/h3,5-8,11-18H,2,4,9-10,19H2,1H3,(H,30,32). The summed E-state index contributed by atoms with van der Waals surface area (Å²) < 4.78 is 5.08. The molecule has 0 fully saturated rings. The molecule has 0 aliphatic carbocycles. The van der Waals surface area contributed by atoms with E-state index in [0.717, 1.165) is 46.3 Å². The zero-order valence-electron chi connectivity index (χ0n) is 19.2. The molecule has 0 spiro atoms. The van der Waals surface area contributed by atoms with Gasteiger partial charge < -0.3 is 10.1 Å². The fraction of sp³-hybridized carbons (Fsp3) is 0.214. The van der Waals surface area contributed by atoms with Gasteiger partial charge in [0.05, 0.1) is 12.2 Å². The minimum atomic E-state index is -0.322. The Morgan fingerprint density at radius 1 is 0.941 bits per heavy atom. The summed E-state index contributed by atoms with van der Waals surface area (Å²) >= 11 is 0. The van der Waals surface area contributed by atoms with Crippen LogP contribution in [0.25, 0.3) is 22.2 Å². The van der Waals surface area contributed by atoms with Crippen LogP contribution in [-0.2, 0) is 22.5 Å². The fourth-order valence-corrected chi connectivity index (χ4v) is 3.71. The second-order valence-corrected chi connectivity index (χ2v) is 7.98. The lowest BCUT2D eigenvalue weighted by Gasteiger charge is -2.08. The van der Waals surface area contributed by atoms with E-state index in [-0.39, 0.29) is 11.9 Å². The first-order valence-corrected chi connectivity index (χ1v) is 11.5. The third-order valence-electron chi connectivity index (χ3n) is 5.51. The van der Waals surface area contributed by atoms with Crippen LogP contribution in [0.3, 0.4) is 0 Å². The van der Waals surface area contributed by atoms with Crippen molar-refractivity contribution in [3.63, 3.8) is 0 Å². The number of hydrogen-bond acceptors (Lipinski definition) is 5. The summed E-state index contributed by atoms with van der Waals surface area (Å²) in [7, 11) is 0. The highest BCUT2D eigenvalue weighted by atomic mass is 16.5. The average Bonchev–Trinajstić information content (AvgIpc) is 2.88. The molecule has 0 unspecified atom stereocenters. The molecule has 0 saturated heterocycles. The lowest BCUT2D eigenvalue weighted by molar-refractivity contribution is -0.121. The minimum absolute atomic E-state index is 0.0186. The van der Waals surface area contributed by atoms with E-state index >= 15 is 0 Å². The van der Waals surface area contributed by atoms with E-state index in [0.29, 0.717) is 25.1 Å². The molecule has 0 radical (unpaired) electrons. The number of rotatable bonds is 9. The molecular weight excluding hydrogens is 426 g/mol. The van der Waals surface area contributed by atoms with Gasteiger partial charge in [0.2, 0.25) is 5.91 Å². The van der Waals surface area contributed by atoms with E-state index in [9.17, 15) is 9.59 Å². The molecule has 2 aromatic carbocycles. The predicted octanol–water partition coefficient (Wildman–Crippen LogP) is 5.11.